The number of nitrogens with one attached hydrogen (secondary N) is 2. The van der Waals surface area contributed by atoms with Crippen molar-refractivity contribution in [1.29, 1.82) is 0 Å². The van der Waals surface area contributed by atoms with Crippen molar-refractivity contribution in [2.24, 2.45) is 0 Å². The van der Waals surface area contributed by atoms with Gasteiger partial charge in [0.25, 0.3) is 0 Å². The number of hydrogen-bond acceptors (Lipinski definition) is 4. The van der Waals surface area contributed by atoms with E-state index in [0.29, 0.717) is 5.82 Å². The molecule has 70 valence electrons. The number of hydrazine groups is 1. The second kappa shape index (κ2) is 2.74. The average Bonchev–Trinajstić information content (AvgIpc) is 2.60. The first-order valence-corrected chi connectivity index (χ1v) is 4.06. The highest BCUT2D eigenvalue weighted by atomic mass is 16.4. The molecule has 6 nitrogen and oxygen atoms in total. The van der Waals surface area contributed by atoms with Gasteiger partial charge in [0.05, 0.1) is 0 Å². The lowest BCUT2D eigenvalue weighted by Gasteiger charge is -2.06. The smallest absolute Gasteiger partial charge is 0.356 e. The molecule has 13 heavy (non-hydrogen) atoms. The van der Waals surface area contributed by atoms with Crippen molar-refractivity contribution in [3.63, 3.8) is 0 Å². The van der Waals surface area contributed by atoms with Gasteiger partial charge in [0.15, 0.2) is 5.69 Å². The predicted octanol–water partition coefficient (Wildman–Crippen LogP) is 0.420. The van der Waals surface area contributed by atoms with Gasteiger partial charge in [0.1, 0.15) is 12.0 Å². The van der Waals surface area contributed by atoms with Crippen LogP contribution in [-0.4, -0.2) is 20.9 Å². The van der Waals surface area contributed by atoms with Crippen LogP contribution in [-0.2, 0) is 0 Å². The molecule has 2 rings (SSSR count). The number of fused-ring (bicyclic) bond motifs is 1. The van der Waals surface area contributed by atoms with Gasteiger partial charge in [-0.3, -0.25) is 0 Å². The van der Waals surface area contributed by atoms with Crippen LogP contribution in [0, 0.1) is 0 Å². The van der Waals surface area contributed by atoms with Crippen LogP contribution in [0.5, 0.6) is 0 Å². The van der Waals surface area contributed by atoms with Crippen molar-refractivity contribution in [2.45, 2.75) is 19.5 Å². The van der Waals surface area contributed by atoms with Gasteiger partial charge < -0.3 is 10.5 Å². The molecule has 0 aromatic carbocycles. The highest BCUT2D eigenvalue weighted by Crippen LogP contribution is 2.21. The van der Waals surface area contributed by atoms with Crippen molar-refractivity contribution in [1.82, 2.24) is 15.2 Å². The minimum atomic E-state index is -1.00. The number of aromatic carboxylic acids is 1. The minimum Gasteiger partial charge on any atom is -0.476 e. The molecule has 0 bridgehead atoms. The first-order valence-electron chi connectivity index (χ1n) is 4.06. The van der Waals surface area contributed by atoms with Gasteiger partial charge in [-0.25, -0.2) is 14.9 Å². The van der Waals surface area contributed by atoms with E-state index < -0.39 is 5.97 Å². The lowest BCUT2D eigenvalue weighted by molar-refractivity contribution is 0.0689. The molecule has 0 spiro atoms. The van der Waals surface area contributed by atoms with Crippen LogP contribution in [0.3, 0.4) is 0 Å². The molecule has 0 radical (unpaired) electrons. The molecule has 0 amide bonds. The molecular weight excluding hydrogens is 172 g/mol. The standard InChI is InChI=1S/C7H10N4O2/c1-2-5-8-9-6-3-4(7(12)13)10-11(5)6/h3,5,8-9H,2H2,1H3,(H,12,13). The largest absolute Gasteiger partial charge is 0.476 e. The lowest BCUT2D eigenvalue weighted by Crippen LogP contribution is -2.22. The van der Waals surface area contributed by atoms with Gasteiger partial charge in [-0.05, 0) is 6.42 Å². The molecule has 0 saturated heterocycles. The van der Waals surface area contributed by atoms with E-state index in [0.717, 1.165) is 6.42 Å². The Hall–Kier alpha value is -1.56. The third-order valence-corrected chi connectivity index (χ3v) is 2.00. The fourth-order valence-corrected chi connectivity index (χ4v) is 1.32. The first-order chi connectivity index (χ1) is 6.22. The van der Waals surface area contributed by atoms with Gasteiger partial charge >= 0.3 is 5.97 Å². The molecule has 1 aliphatic rings. The van der Waals surface area contributed by atoms with E-state index in [-0.39, 0.29) is 11.9 Å². The molecule has 1 unspecified atom stereocenters. The number of rotatable bonds is 2. The number of hydrogen-bond donors (Lipinski definition) is 3. The highest BCUT2D eigenvalue weighted by Gasteiger charge is 2.23. The fourth-order valence-electron chi connectivity index (χ4n) is 1.32. The van der Waals surface area contributed by atoms with Crippen LogP contribution in [0.25, 0.3) is 0 Å². The predicted molar refractivity (Wildman–Crippen MR) is 45.3 cm³/mol. The molecule has 1 aromatic rings. The molecular formula is C7H10N4O2. The first kappa shape index (κ1) is 8.06. The Morgan fingerprint density at radius 1 is 1.85 bits per heavy atom. The summed E-state index contributed by atoms with van der Waals surface area (Å²) in [5.74, 6) is -0.303. The van der Waals surface area contributed by atoms with E-state index >= 15 is 0 Å². The van der Waals surface area contributed by atoms with Crippen LogP contribution in [0.4, 0.5) is 5.82 Å². The van der Waals surface area contributed by atoms with E-state index in [2.05, 4.69) is 16.0 Å². The second-order valence-electron chi connectivity index (χ2n) is 2.86. The summed E-state index contributed by atoms with van der Waals surface area (Å²) in [6.07, 6.45) is 0.892. The van der Waals surface area contributed by atoms with Crippen LogP contribution >= 0.6 is 0 Å². The summed E-state index contributed by atoms with van der Waals surface area (Å²) in [7, 11) is 0. The zero-order chi connectivity index (χ0) is 9.42. The summed E-state index contributed by atoms with van der Waals surface area (Å²) < 4.78 is 1.64. The van der Waals surface area contributed by atoms with Gasteiger partial charge in [0.2, 0.25) is 0 Å². The summed E-state index contributed by atoms with van der Waals surface area (Å²) in [5.41, 5.74) is 5.91. The molecule has 1 aliphatic heterocycles. The van der Waals surface area contributed by atoms with Crippen molar-refractivity contribution in [3.05, 3.63) is 11.8 Å². The van der Waals surface area contributed by atoms with Gasteiger partial charge in [-0.2, -0.15) is 5.10 Å². The molecule has 6 heteroatoms. The maximum atomic E-state index is 10.6. The van der Waals surface area contributed by atoms with Gasteiger partial charge in [-0.15, -0.1) is 0 Å². The summed E-state index contributed by atoms with van der Waals surface area (Å²) >= 11 is 0. The summed E-state index contributed by atoms with van der Waals surface area (Å²) in [5, 5.41) is 12.6. The van der Waals surface area contributed by atoms with Crippen molar-refractivity contribution < 1.29 is 9.90 Å². The second-order valence-corrected chi connectivity index (χ2v) is 2.86. The fraction of sp³-hybridized carbons (Fsp3) is 0.429. The zero-order valence-corrected chi connectivity index (χ0v) is 7.11. The van der Waals surface area contributed by atoms with E-state index in [1.807, 2.05) is 6.92 Å². The maximum Gasteiger partial charge on any atom is 0.356 e. The molecule has 2 heterocycles. The zero-order valence-electron chi connectivity index (χ0n) is 7.11. The number of anilines is 1. The topological polar surface area (TPSA) is 79.2 Å². The van der Waals surface area contributed by atoms with Crippen LogP contribution in [0.15, 0.2) is 6.07 Å². The number of carbonyl (C=O) groups is 1. The minimum absolute atomic E-state index is 0.0445. The van der Waals surface area contributed by atoms with Crippen molar-refractivity contribution in [2.75, 3.05) is 5.43 Å². The number of aromatic nitrogens is 2. The number of nitrogens with zero attached hydrogens (tertiary/aromatic N) is 2. The van der Waals surface area contributed by atoms with E-state index in [4.69, 9.17) is 5.11 Å². The Labute approximate surface area is 74.5 Å². The number of carboxylic acids is 1. The Morgan fingerprint density at radius 2 is 2.62 bits per heavy atom. The SMILES string of the molecule is CCC1NNc2cc(C(=O)O)nn21. The molecule has 0 aliphatic carbocycles. The Morgan fingerprint density at radius 3 is 3.23 bits per heavy atom. The Balaban J connectivity index is 2.36. The summed E-state index contributed by atoms with van der Waals surface area (Å²) in [6.45, 7) is 2.00. The highest BCUT2D eigenvalue weighted by molar-refractivity contribution is 5.86. The van der Waals surface area contributed by atoms with E-state index in [1.54, 1.807) is 4.68 Å². The van der Waals surface area contributed by atoms with Crippen LogP contribution < -0.4 is 10.9 Å². The lowest BCUT2D eigenvalue weighted by atomic mass is 10.4. The van der Waals surface area contributed by atoms with Gasteiger partial charge in [0, 0.05) is 6.07 Å². The van der Waals surface area contributed by atoms with Crippen molar-refractivity contribution in [3.8, 4) is 0 Å². The monoisotopic (exact) mass is 182 g/mol. The van der Waals surface area contributed by atoms with Gasteiger partial charge in [-0.1, -0.05) is 6.92 Å². The Kier molecular flexibility index (Phi) is 1.70. The molecule has 0 fully saturated rings. The van der Waals surface area contributed by atoms with E-state index in [1.165, 1.54) is 6.07 Å². The summed E-state index contributed by atoms with van der Waals surface area (Å²) in [6, 6.07) is 1.50. The normalized spacial score (nSPS) is 19.6. The van der Waals surface area contributed by atoms with Crippen molar-refractivity contribution >= 4 is 11.8 Å². The third kappa shape index (κ3) is 1.15. The number of carboxylic acid groups (broad SMARTS) is 1. The molecule has 1 aromatic heterocycles. The molecule has 3 N–H and O–H groups in total. The maximum absolute atomic E-state index is 10.6. The quantitative estimate of drug-likeness (QED) is 0.617. The molecule has 0 saturated carbocycles. The summed E-state index contributed by atoms with van der Waals surface area (Å²) in [4.78, 5) is 10.6. The molecule has 1 atom stereocenters. The van der Waals surface area contributed by atoms with E-state index in [9.17, 15) is 4.79 Å². The van der Waals surface area contributed by atoms with Crippen LogP contribution in [0.2, 0.25) is 0 Å². The van der Waals surface area contributed by atoms with Crippen LogP contribution in [0.1, 0.15) is 30.0 Å². The third-order valence-electron chi connectivity index (χ3n) is 2.00. The average molecular weight is 182 g/mol. The Bertz CT molecular complexity index is 346.